The third-order valence-electron chi connectivity index (χ3n) is 4.41. The average molecular weight is 265 g/mol. The summed E-state index contributed by atoms with van der Waals surface area (Å²) in [6.45, 7) is 5.64. The Labute approximate surface area is 113 Å². The molecule has 0 aliphatic carbocycles. The van der Waals surface area contributed by atoms with Crippen molar-refractivity contribution in [2.24, 2.45) is 5.41 Å². The summed E-state index contributed by atoms with van der Waals surface area (Å²) in [6, 6.07) is 3.49. The SMILES string of the molecule is CCC1(CC)CCN(C(=O)c2cc(F)ccc2O)C1. The quantitative estimate of drug-likeness (QED) is 0.911. The van der Waals surface area contributed by atoms with Crippen LogP contribution in [0.4, 0.5) is 4.39 Å². The molecule has 0 radical (unpaired) electrons. The smallest absolute Gasteiger partial charge is 0.257 e. The van der Waals surface area contributed by atoms with E-state index < -0.39 is 5.82 Å². The van der Waals surface area contributed by atoms with E-state index in [1.807, 2.05) is 0 Å². The summed E-state index contributed by atoms with van der Waals surface area (Å²) in [5, 5.41) is 9.70. The number of likely N-dealkylation sites (tertiary alicyclic amines) is 1. The van der Waals surface area contributed by atoms with Crippen LogP contribution in [0.15, 0.2) is 18.2 Å². The van der Waals surface area contributed by atoms with Gasteiger partial charge in [-0.15, -0.1) is 0 Å². The molecule has 0 bridgehead atoms. The number of hydrogen-bond donors (Lipinski definition) is 1. The summed E-state index contributed by atoms with van der Waals surface area (Å²) in [4.78, 5) is 14.1. The highest BCUT2D eigenvalue weighted by molar-refractivity contribution is 5.97. The number of phenols is 1. The number of amides is 1. The van der Waals surface area contributed by atoms with Crippen molar-refractivity contribution in [1.29, 1.82) is 0 Å². The first kappa shape index (κ1) is 13.8. The first-order valence-corrected chi connectivity index (χ1v) is 6.79. The molecule has 0 aromatic heterocycles. The molecule has 1 aliphatic rings. The minimum absolute atomic E-state index is 0.0583. The second-order valence-electron chi connectivity index (χ2n) is 5.35. The molecule has 1 N–H and O–H groups in total. The lowest BCUT2D eigenvalue weighted by Gasteiger charge is -2.26. The first-order valence-electron chi connectivity index (χ1n) is 6.79. The van der Waals surface area contributed by atoms with Crippen LogP contribution in [0, 0.1) is 11.2 Å². The number of carbonyl (C=O) groups is 1. The lowest BCUT2D eigenvalue weighted by molar-refractivity contribution is 0.0766. The van der Waals surface area contributed by atoms with E-state index in [2.05, 4.69) is 13.8 Å². The van der Waals surface area contributed by atoms with Crippen molar-refractivity contribution in [3.8, 4) is 5.75 Å². The first-order chi connectivity index (χ1) is 9.01. The van der Waals surface area contributed by atoms with Crippen LogP contribution in [-0.4, -0.2) is 29.0 Å². The van der Waals surface area contributed by atoms with E-state index in [-0.39, 0.29) is 22.6 Å². The van der Waals surface area contributed by atoms with Crippen molar-refractivity contribution < 1.29 is 14.3 Å². The summed E-state index contributed by atoms with van der Waals surface area (Å²) in [6.07, 6.45) is 3.03. The number of carbonyl (C=O) groups excluding carboxylic acids is 1. The normalized spacial score (nSPS) is 17.7. The molecule has 0 spiro atoms. The van der Waals surface area contributed by atoms with E-state index >= 15 is 0 Å². The Morgan fingerprint density at radius 1 is 1.42 bits per heavy atom. The lowest BCUT2D eigenvalue weighted by atomic mass is 9.82. The molecule has 0 atom stereocenters. The molecule has 2 rings (SSSR count). The molecule has 1 amide bonds. The molecular weight excluding hydrogens is 245 g/mol. The van der Waals surface area contributed by atoms with Gasteiger partial charge in [-0.05, 0) is 42.9 Å². The second kappa shape index (κ2) is 5.19. The molecule has 0 saturated carbocycles. The van der Waals surface area contributed by atoms with Gasteiger partial charge in [0.2, 0.25) is 0 Å². The van der Waals surface area contributed by atoms with Gasteiger partial charge in [0.15, 0.2) is 0 Å². The molecular formula is C15H20FNO2. The molecule has 1 saturated heterocycles. The van der Waals surface area contributed by atoms with Crippen LogP contribution in [0.3, 0.4) is 0 Å². The summed E-state index contributed by atoms with van der Waals surface area (Å²) in [7, 11) is 0. The highest BCUT2D eigenvalue weighted by atomic mass is 19.1. The molecule has 1 heterocycles. The van der Waals surface area contributed by atoms with E-state index in [4.69, 9.17) is 0 Å². The van der Waals surface area contributed by atoms with Crippen molar-refractivity contribution in [1.82, 2.24) is 4.90 Å². The number of halogens is 1. The summed E-state index contributed by atoms with van der Waals surface area (Å²) in [5.41, 5.74) is 0.238. The van der Waals surface area contributed by atoms with Crippen LogP contribution in [0.25, 0.3) is 0 Å². The van der Waals surface area contributed by atoms with E-state index in [9.17, 15) is 14.3 Å². The van der Waals surface area contributed by atoms with E-state index in [1.165, 1.54) is 6.07 Å². The van der Waals surface area contributed by atoms with E-state index in [0.29, 0.717) is 13.1 Å². The number of aromatic hydroxyl groups is 1. The minimum Gasteiger partial charge on any atom is -0.507 e. The third-order valence-corrected chi connectivity index (χ3v) is 4.41. The Balaban J connectivity index is 2.20. The standard InChI is InChI=1S/C15H20FNO2/c1-3-15(4-2)7-8-17(10-15)14(19)12-9-11(16)5-6-13(12)18/h5-6,9,18H,3-4,7-8,10H2,1-2H3. The molecule has 3 nitrogen and oxygen atoms in total. The van der Waals surface area contributed by atoms with Gasteiger partial charge in [-0.1, -0.05) is 13.8 Å². The number of hydrogen-bond acceptors (Lipinski definition) is 2. The maximum atomic E-state index is 13.2. The van der Waals surface area contributed by atoms with E-state index in [0.717, 1.165) is 31.4 Å². The summed E-state index contributed by atoms with van der Waals surface area (Å²) in [5.74, 6) is -0.935. The Hall–Kier alpha value is -1.58. The molecule has 19 heavy (non-hydrogen) atoms. The molecule has 1 fully saturated rings. The Morgan fingerprint density at radius 3 is 2.68 bits per heavy atom. The molecule has 1 aromatic rings. The third kappa shape index (κ3) is 2.57. The largest absolute Gasteiger partial charge is 0.507 e. The van der Waals surface area contributed by atoms with Crippen LogP contribution in [0.1, 0.15) is 43.5 Å². The number of rotatable bonds is 3. The van der Waals surface area contributed by atoms with E-state index in [1.54, 1.807) is 4.90 Å². The van der Waals surface area contributed by atoms with Crippen molar-refractivity contribution in [2.75, 3.05) is 13.1 Å². The van der Waals surface area contributed by atoms with Gasteiger partial charge >= 0.3 is 0 Å². The van der Waals surface area contributed by atoms with Gasteiger partial charge in [-0.25, -0.2) is 4.39 Å². The zero-order valence-electron chi connectivity index (χ0n) is 11.4. The number of benzene rings is 1. The average Bonchev–Trinajstić information content (AvgIpc) is 2.86. The highest BCUT2D eigenvalue weighted by Gasteiger charge is 2.37. The lowest BCUT2D eigenvalue weighted by Crippen LogP contribution is -2.31. The zero-order valence-corrected chi connectivity index (χ0v) is 11.4. The zero-order chi connectivity index (χ0) is 14.0. The maximum Gasteiger partial charge on any atom is 0.257 e. The molecule has 104 valence electrons. The Kier molecular flexibility index (Phi) is 3.78. The second-order valence-corrected chi connectivity index (χ2v) is 5.35. The topological polar surface area (TPSA) is 40.5 Å². The van der Waals surface area contributed by atoms with Crippen LogP contribution in [0.5, 0.6) is 5.75 Å². The van der Waals surface area contributed by atoms with Gasteiger partial charge in [0.25, 0.3) is 5.91 Å². The van der Waals surface area contributed by atoms with Crippen molar-refractivity contribution in [2.45, 2.75) is 33.1 Å². The van der Waals surface area contributed by atoms with Gasteiger partial charge in [-0.3, -0.25) is 4.79 Å². The minimum atomic E-state index is -0.502. The Morgan fingerprint density at radius 2 is 2.11 bits per heavy atom. The van der Waals surface area contributed by atoms with Crippen LogP contribution < -0.4 is 0 Å². The fourth-order valence-electron chi connectivity index (χ4n) is 2.79. The number of nitrogens with zero attached hydrogens (tertiary/aromatic N) is 1. The fourth-order valence-corrected chi connectivity index (χ4v) is 2.79. The van der Waals surface area contributed by atoms with Gasteiger partial charge < -0.3 is 10.0 Å². The van der Waals surface area contributed by atoms with Crippen LogP contribution >= 0.6 is 0 Å². The fraction of sp³-hybridized carbons (Fsp3) is 0.533. The number of phenolic OH excluding ortho intramolecular Hbond substituents is 1. The van der Waals surface area contributed by atoms with Gasteiger partial charge in [0.05, 0.1) is 5.56 Å². The van der Waals surface area contributed by atoms with Crippen molar-refractivity contribution in [3.05, 3.63) is 29.6 Å². The maximum absolute atomic E-state index is 13.2. The van der Waals surface area contributed by atoms with Gasteiger partial charge in [-0.2, -0.15) is 0 Å². The van der Waals surface area contributed by atoms with Gasteiger partial charge in [0.1, 0.15) is 11.6 Å². The molecule has 4 heteroatoms. The summed E-state index contributed by atoms with van der Waals surface area (Å²) < 4.78 is 13.2. The Bertz CT molecular complexity index is 483. The van der Waals surface area contributed by atoms with Gasteiger partial charge in [0, 0.05) is 13.1 Å². The predicted molar refractivity (Wildman–Crippen MR) is 71.6 cm³/mol. The predicted octanol–water partition coefficient (Wildman–Crippen LogP) is 3.18. The molecule has 1 aromatic carbocycles. The summed E-state index contributed by atoms with van der Waals surface area (Å²) >= 11 is 0. The monoisotopic (exact) mass is 265 g/mol. The van der Waals surface area contributed by atoms with Crippen LogP contribution in [-0.2, 0) is 0 Å². The highest BCUT2D eigenvalue weighted by Crippen LogP contribution is 2.38. The van der Waals surface area contributed by atoms with Crippen molar-refractivity contribution in [3.63, 3.8) is 0 Å². The molecule has 0 unspecified atom stereocenters. The van der Waals surface area contributed by atoms with Crippen molar-refractivity contribution >= 4 is 5.91 Å². The van der Waals surface area contributed by atoms with Crippen LogP contribution in [0.2, 0.25) is 0 Å². The molecule has 1 aliphatic heterocycles.